The topological polar surface area (TPSA) is 88.1 Å². The zero-order valence-electron chi connectivity index (χ0n) is 22.0. The molecule has 2 N–H and O–H groups in total. The molecule has 36 heavy (non-hydrogen) atoms. The summed E-state index contributed by atoms with van der Waals surface area (Å²) < 4.78 is 11.2. The minimum Gasteiger partial charge on any atom is -0.492 e. The van der Waals surface area contributed by atoms with Gasteiger partial charge in [-0.2, -0.15) is 0 Å². The second-order valence-corrected chi connectivity index (χ2v) is 9.76. The van der Waals surface area contributed by atoms with Crippen molar-refractivity contribution in [1.82, 2.24) is 4.90 Å². The third kappa shape index (κ3) is 7.98. The molecule has 7 heteroatoms. The number of urea groups is 1. The first-order chi connectivity index (χ1) is 17.3. The third-order valence-corrected chi connectivity index (χ3v) is 6.94. The monoisotopic (exact) mass is 496 g/mol. The smallest absolute Gasteiger partial charge is 0.333 e. The number of benzene rings is 2. The number of hydrogen-bond acceptors (Lipinski definition) is 4. The van der Waals surface area contributed by atoms with Gasteiger partial charge in [0.05, 0.1) is 6.54 Å². The Balaban J connectivity index is 1.59. The van der Waals surface area contributed by atoms with E-state index in [0.717, 1.165) is 41.8 Å². The van der Waals surface area contributed by atoms with Gasteiger partial charge in [-0.1, -0.05) is 31.0 Å². The highest BCUT2D eigenvalue weighted by Crippen LogP contribution is 2.26. The highest BCUT2D eigenvalue weighted by atomic mass is 16.5. The Morgan fingerprint density at radius 1 is 1.06 bits per heavy atom. The number of carboxylic acid groups (broad SMARTS) is 1. The van der Waals surface area contributed by atoms with Crippen molar-refractivity contribution in [1.29, 1.82) is 0 Å². The summed E-state index contributed by atoms with van der Waals surface area (Å²) in [5, 5.41) is 12.4. The van der Waals surface area contributed by atoms with Crippen molar-refractivity contribution in [3.05, 3.63) is 58.7 Å². The standard InChI is InChI=1S/C29H40N2O5/c1-5-35-27(28(32)33)18-23-10-12-25(13-11-23)36-15-14-31(19-24-8-6-7-9-24)29(34)30-26-17-21(3)20(2)16-22(26)4/h10-13,16-17,24,27H,5-9,14-15,18-19H2,1-4H3,(H,30,34)(H,32,33). The average Bonchev–Trinajstić information content (AvgIpc) is 3.36. The van der Waals surface area contributed by atoms with Crippen LogP contribution in [0.1, 0.15) is 54.9 Å². The van der Waals surface area contributed by atoms with Gasteiger partial charge in [0.1, 0.15) is 12.4 Å². The van der Waals surface area contributed by atoms with Gasteiger partial charge in [-0.15, -0.1) is 0 Å². The van der Waals surface area contributed by atoms with E-state index < -0.39 is 12.1 Å². The molecular weight excluding hydrogens is 456 g/mol. The number of aliphatic carboxylic acids is 1. The Morgan fingerprint density at radius 2 is 1.72 bits per heavy atom. The maximum absolute atomic E-state index is 13.2. The molecule has 196 valence electrons. The summed E-state index contributed by atoms with van der Waals surface area (Å²) in [5.41, 5.74) is 5.14. The van der Waals surface area contributed by atoms with Crippen molar-refractivity contribution in [2.75, 3.05) is 31.6 Å². The molecule has 1 aliphatic carbocycles. The van der Waals surface area contributed by atoms with Crippen LogP contribution < -0.4 is 10.1 Å². The van der Waals surface area contributed by atoms with E-state index in [0.29, 0.717) is 37.8 Å². The lowest BCUT2D eigenvalue weighted by Crippen LogP contribution is -2.40. The van der Waals surface area contributed by atoms with E-state index >= 15 is 0 Å². The van der Waals surface area contributed by atoms with Crippen LogP contribution in [0.25, 0.3) is 0 Å². The van der Waals surface area contributed by atoms with Gasteiger partial charge in [0.25, 0.3) is 0 Å². The van der Waals surface area contributed by atoms with Crippen molar-refractivity contribution in [3.8, 4) is 5.75 Å². The van der Waals surface area contributed by atoms with E-state index in [1.54, 1.807) is 6.92 Å². The third-order valence-electron chi connectivity index (χ3n) is 6.94. The van der Waals surface area contributed by atoms with Crippen LogP contribution in [0.3, 0.4) is 0 Å². The van der Waals surface area contributed by atoms with Gasteiger partial charge < -0.3 is 24.8 Å². The van der Waals surface area contributed by atoms with Crippen molar-refractivity contribution in [3.63, 3.8) is 0 Å². The van der Waals surface area contributed by atoms with E-state index in [4.69, 9.17) is 9.47 Å². The normalized spacial score (nSPS) is 14.4. The number of carbonyl (C=O) groups excluding carboxylic acids is 1. The molecule has 0 spiro atoms. The zero-order valence-corrected chi connectivity index (χ0v) is 22.0. The lowest BCUT2D eigenvalue weighted by atomic mass is 10.0. The van der Waals surface area contributed by atoms with Gasteiger partial charge in [0.2, 0.25) is 0 Å². The van der Waals surface area contributed by atoms with Crippen molar-refractivity contribution < 1.29 is 24.2 Å². The second-order valence-electron chi connectivity index (χ2n) is 9.76. The fourth-order valence-electron chi connectivity index (χ4n) is 4.70. The second kappa shape index (κ2) is 13.3. The van der Waals surface area contributed by atoms with Crippen LogP contribution in [0, 0.1) is 26.7 Å². The largest absolute Gasteiger partial charge is 0.492 e. The minimum atomic E-state index is -0.964. The summed E-state index contributed by atoms with van der Waals surface area (Å²) in [6, 6.07) is 11.4. The van der Waals surface area contributed by atoms with E-state index in [1.165, 1.54) is 18.4 Å². The Hall–Kier alpha value is -3.06. The Morgan fingerprint density at radius 3 is 2.36 bits per heavy atom. The van der Waals surface area contributed by atoms with Gasteiger partial charge in [-0.05, 0) is 86.9 Å². The summed E-state index contributed by atoms with van der Waals surface area (Å²) in [7, 11) is 0. The summed E-state index contributed by atoms with van der Waals surface area (Å²) in [4.78, 5) is 26.4. The van der Waals surface area contributed by atoms with Crippen LogP contribution in [0.5, 0.6) is 5.75 Å². The lowest BCUT2D eigenvalue weighted by Gasteiger charge is -2.26. The molecule has 1 unspecified atom stereocenters. The van der Waals surface area contributed by atoms with Gasteiger partial charge in [0.15, 0.2) is 6.10 Å². The predicted octanol–water partition coefficient (Wildman–Crippen LogP) is 5.75. The number of hydrogen-bond donors (Lipinski definition) is 2. The van der Waals surface area contributed by atoms with Crippen molar-refractivity contribution in [2.45, 2.75) is 65.9 Å². The minimum absolute atomic E-state index is 0.0946. The molecule has 0 aromatic heterocycles. The summed E-state index contributed by atoms with van der Waals surface area (Å²) in [6.45, 7) is 9.88. The first-order valence-electron chi connectivity index (χ1n) is 13.0. The summed E-state index contributed by atoms with van der Waals surface area (Å²) in [5.74, 6) is 0.255. The average molecular weight is 497 g/mol. The number of carboxylic acids is 1. The molecule has 0 radical (unpaired) electrons. The molecule has 1 saturated carbocycles. The first kappa shape index (κ1) is 27.5. The number of ether oxygens (including phenoxy) is 2. The van der Waals surface area contributed by atoms with Gasteiger partial charge in [-0.3, -0.25) is 0 Å². The highest BCUT2D eigenvalue weighted by molar-refractivity contribution is 5.90. The quantitative estimate of drug-likeness (QED) is 0.391. The number of rotatable bonds is 12. The van der Waals surface area contributed by atoms with Crippen LogP contribution in [0.15, 0.2) is 36.4 Å². The maximum Gasteiger partial charge on any atom is 0.333 e. The van der Waals surface area contributed by atoms with Crippen molar-refractivity contribution >= 4 is 17.7 Å². The van der Waals surface area contributed by atoms with E-state index in [9.17, 15) is 14.7 Å². The molecule has 0 heterocycles. The van der Waals surface area contributed by atoms with E-state index in [1.807, 2.05) is 42.2 Å². The van der Waals surface area contributed by atoms with Crippen LogP contribution in [-0.2, 0) is 16.0 Å². The molecule has 0 saturated heterocycles. The Kier molecular flexibility index (Phi) is 10.2. The number of amides is 2. The maximum atomic E-state index is 13.2. The highest BCUT2D eigenvalue weighted by Gasteiger charge is 2.23. The predicted molar refractivity (Wildman–Crippen MR) is 142 cm³/mol. The van der Waals surface area contributed by atoms with E-state index in [-0.39, 0.29) is 6.03 Å². The van der Waals surface area contributed by atoms with Gasteiger partial charge >= 0.3 is 12.0 Å². The zero-order chi connectivity index (χ0) is 26.1. The summed E-state index contributed by atoms with van der Waals surface area (Å²) in [6.07, 6.45) is 4.22. The molecule has 2 aromatic carbocycles. The van der Waals surface area contributed by atoms with Gasteiger partial charge in [-0.25, -0.2) is 9.59 Å². The Labute approximate surface area is 214 Å². The number of aryl methyl sites for hydroxylation is 3. The molecule has 1 atom stereocenters. The number of anilines is 1. The molecule has 3 rings (SSSR count). The summed E-state index contributed by atoms with van der Waals surface area (Å²) >= 11 is 0. The molecule has 2 aromatic rings. The van der Waals surface area contributed by atoms with Crippen LogP contribution in [-0.4, -0.2) is 54.4 Å². The molecule has 1 fully saturated rings. The van der Waals surface area contributed by atoms with Crippen LogP contribution >= 0.6 is 0 Å². The van der Waals surface area contributed by atoms with E-state index in [2.05, 4.69) is 25.2 Å². The van der Waals surface area contributed by atoms with Crippen LogP contribution in [0.2, 0.25) is 0 Å². The molecule has 2 amide bonds. The SMILES string of the molecule is CCOC(Cc1ccc(OCCN(CC2CCCC2)C(=O)Nc2cc(C)c(C)cc2C)cc1)C(=O)O. The number of nitrogens with zero attached hydrogens (tertiary/aromatic N) is 1. The molecule has 0 aliphatic heterocycles. The number of nitrogens with one attached hydrogen (secondary N) is 1. The van der Waals surface area contributed by atoms with Gasteiger partial charge in [0, 0.05) is 25.3 Å². The molecular formula is C29H40N2O5. The lowest BCUT2D eigenvalue weighted by molar-refractivity contribution is -0.149. The fourth-order valence-corrected chi connectivity index (χ4v) is 4.70. The molecule has 0 bridgehead atoms. The van der Waals surface area contributed by atoms with Crippen LogP contribution in [0.4, 0.5) is 10.5 Å². The first-order valence-corrected chi connectivity index (χ1v) is 13.0. The molecule has 7 nitrogen and oxygen atoms in total. The fraction of sp³-hybridized carbons (Fsp3) is 0.517. The van der Waals surface area contributed by atoms with Crippen molar-refractivity contribution in [2.24, 2.45) is 5.92 Å². The molecule has 1 aliphatic rings. The number of carbonyl (C=O) groups is 2. The Bertz CT molecular complexity index is 1020.